The minimum Gasteiger partial charge on any atom is -0.355 e. The van der Waals surface area contributed by atoms with Gasteiger partial charge in [-0.2, -0.15) is 5.10 Å². The lowest BCUT2D eigenvalue weighted by atomic mass is 10.2. The Bertz CT molecular complexity index is 937. The number of piperazine rings is 1. The molecule has 8 nitrogen and oxygen atoms in total. The summed E-state index contributed by atoms with van der Waals surface area (Å²) < 4.78 is 1.78. The van der Waals surface area contributed by atoms with E-state index < -0.39 is 0 Å². The first-order valence-electron chi connectivity index (χ1n) is 7.97. The molecule has 0 atom stereocenters. The number of nitrogens with one attached hydrogen (secondary N) is 1. The molecule has 124 valence electrons. The van der Waals surface area contributed by atoms with Gasteiger partial charge in [0.05, 0.1) is 11.6 Å². The maximum Gasteiger partial charge on any atom is 0.249 e. The van der Waals surface area contributed by atoms with Crippen LogP contribution in [0.4, 0.5) is 11.6 Å². The third-order valence-electron chi connectivity index (χ3n) is 4.36. The van der Waals surface area contributed by atoms with Crippen LogP contribution in [0, 0.1) is 6.92 Å². The van der Waals surface area contributed by atoms with E-state index in [2.05, 4.69) is 29.9 Å². The Hall–Kier alpha value is -2.90. The van der Waals surface area contributed by atoms with Crippen LogP contribution in [0.1, 0.15) is 5.82 Å². The van der Waals surface area contributed by atoms with Crippen LogP contribution in [0.5, 0.6) is 0 Å². The molecule has 0 spiro atoms. The largest absolute Gasteiger partial charge is 0.355 e. The van der Waals surface area contributed by atoms with E-state index in [1.165, 1.54) is 6.07 Å². The number of H-pyrrole nitrogens is 1. The Labute approximate surface area is 138 Å². The zero-order valence-corrected chi connectivity index (χ0v) is 13.7. The van der Waals surface area contributed by atoms with Crippen molar-refractivity contribution in [3.8, 4) is 0 Å². The van der Waals surface area contributed by atoms with E-state index in [9.17, 15) is 4.79 Å². The molecule has 4 heterocycles. The first-order valence-corrected chi connectivity index (χ1v) is 7.97. The third-order valence-corrected chi connectivity index (χ3v) is 4.36. The maximum atomic E-state index is 11.5. The summed E-state index contributed by atoms with van der Waals surface area (Å²) in [6.07, 6.45) is 1.82. The summed E-state index contributed by atoms with van der Waals surface area (Å²) >= 11 is 0. The zero-order chi connectivity index (χ0) is 16.7. The van der Waals surface area contributed by atoms with Crippen LogP contribution < -0.4 is 15.4 Å². The maximum absolute atomic E-state index is 11.5. The number of fused-ring (bicyclic) bond motifs is 1. The second-order valence-corrected chi connectivity index (χ2v) is 5.97. The van der Waals surface area contributed by atoms with Gasteiger partial charge in [-0.15, -0.1) is 0 Å². The summed E-state index contributed by atoms with van der Waals surface area (Å²) in [5.41, 5.74) is 0.783. The van der Waals surface area contributed by atoms with E-state index >= 15 is 0 Å². The van der Waals surface area contributed by atoms with E-state index in [1.54, 1.807) is 10.7 Å². The molecule has 1 N–H and O–H groups in total. The molecule has 0 saturated carbocycles. The Morgan fingerprint density at radius 3 is 2.58 bits per heavy atom. The molecule has 0 unspecified atom stereocenters. The fraction of sp³-hybridized carbons (Fsp3) is 0.375. The molecule has 3 aromatic heterocycles. The average Bonchev–Trinajstić information content (AvgIpc) is 2.95. The van der Waals surface area contributed by atoms with Gasteiger partial charge in [0.2, 0.25) is 5.56 Å². The van der Waals surface area contributed by atoms with Gasteiger partial charge in [-0.25, -0.2) is 9.97 Å². The minimum absolute atomic E-state index is 0.0709. The molecule has 0 amide bonds. The van der Waals surface area contributed by atoms with Crippen LogP contribution in [-0.2, 0) is 7.05 Å². The molecular weight excluding hydrogens is 306 g/mol. The topological polar surface area (TPSA) is 82.9 Å². The van der Waals surface area contributed by atoms with Gasteiger partial charge >= 0.3 is 0 Å². The van der Waals surface area contributed by atoms with Crippen molar-refractivity contribution in [1.29, 1.82) is 0 Å². The van der Waals surface area contributed by atoms with Gasteiger partial charge in [0.25, 0.3) is 0 Å². The molecular formula is C16H19N7O. The third kappa shape index (κ3) is 2.49. The van der Waals surface area contributed by atoms with Crippen LogP contribution in [0.25, 0.3) is 11.0 Å². The van der Waals surface area contributed by atoms with Gasteiger partial charge in [-0.3, -0.25) is 9.48 Å². The molecule has 0 radical (unpaired) electrons. The number of hydrogen-bond acceptors (Lipinski definition) is 6. The highest BCUT2D eigenvalue weighted by molar-refractivity contribution is 5.87. The number of anilines is 2. The Morgan fingerprint density at radius 1 is 1.08 bits per heavy atom. The van der Waals surface area contributed by atoms with Crippen LogP contribution in [0.2, 0.25) is 0 Å². The lowest BCUT2D eigenvalue weighted by Gasteiger charge is -2.36. The molecule has 1 aliphatic heterocycles. The Kier molecular flexibility index (Phi) is 3.44. The van der Waals surface area contributed by atoms with Crippen molar-refractivity contribution in [2.45, 2.75) is 6.92 Å². The van der Waals surface area contributed by atoms with Crippen LogP contribution >= 0.6 is 0 Å². The van der Waals surface area contributed by atoms with Crippen molar-refractivity contribution in [1.82, 2.24) is 24.7 Å². The van der Waals surface area contributed by atoms with Crippen molar-refractivity contribution in [2.24, 2.45) is 7.05 Å². The molecule has 0 bridgehead atoms. The van der Waals surface area contributed by atoms with Gasteiger partial charge in [0.1, 0.15) is 17.5 Å². The number of hydrogen-bond donors (Lipinski definition) is 1. The summed E-state index contributed by atoms with van der Waals surface area (Å²) in [6.45, 7) is 5.21. The minimum atomic E-state index is -0.0709. The first kappa shape index (κ1) is 14.7. The molecule has 1 aliphatic rings. The highest BCUT2D eigenvalue weighted by atomic mass is 16.1. The standard InChI is InChI=1S/C16H19N7O/c1-11-18-15-12(10-17-21(15)2)16(19-11)23-8-6-22(7-9-23)13-4-3-5-14(24)20-13/h3-5,10H,6-9H2,1-2H3,(H,20,24). The summed E-state index contributed by atoms with van der Waals surface area (Å²) in [6, 6.07) is 5.25. The van der Waals surface area contributed by atoms with Gasteiger partial charge < -0.3 is 14.8 Å². The van der Waals surface area contributed by atoms with E-state index in [0.717, 1.165) is 54.7 Å². The van der Waals surface area contributed by atoms with E-state index in [0.29, 0.717) is 0 Å². The lowest BCUT2D eigenvalue weighted by Crippen LogP contribution is -2.47. The number of aromatic amines is 1. The highest BCUT2D eigenvalue weighted by Gasteiger charge is 2.22. The summed E-state index contributed by atoms with van der Waals surface area (Å²) in [4.78, 5) is 27.9. The second-order valence-electron chi connectivity index (χ2n) is 5.97. The first-order chi connectivity index (χ1) is 11.6. The Balaban J connectivity index is 1.59. The second kappa shape index (κ2) is 5.63. The average molecular weight is 325 g/mol. The summed E-state index contributed by atoms with van der Waals surface area (Å²) in [5, 5.41) is 5.28. The predicted molar refractivity (Wildman–Crippen MR) is 92.5 cm³/mol. The molecule has 0 aromatic carbocycles. The van der Waals surface area contributed by atoms with Gasteiger partial charge in [0.15, 0.2) is 5.65 Å². The highest BCUT2D eigenvalue weighted by Crippen LogP contribution is 2.25. The SMILES string of the molecule is Cc1nc(N2CCN(c3cccc(=O)[nH]3)CC2)c2cnn(C)c2n1. The molecule has 8 heteroatoms. The predicted octanol–water partition coefficient (Wildman–Crippen LogP) is 0.687. The van der Waals surface area contributed by atoms with Crippen molar-refractivity contribution in [3.05, 3.63) is 40.6 Å². The van der Waals surface area contributed by atoms with E-state index in [1.807, 2.05) is 26.2 Å². The van der Waals surface area contributed by atoms with Crippen LogP contribution in [-0.4, -0.2) is 50.9 Å². The van der Waals surface area contributed by atoms with E-state index in [4.69, 9.17) is 0 Å². The quantitative estimate of drug-likeness (QED) is 0.746. The zero-order valence-electron chi connectivity index (χ0n) is 13.7. The number of aryl methyl sites for hydroxylation is 2. The molecule has 3 aromatic rings. The van der Waals surface area contributed by atoms with E-state index in [-0.39, 0.29) is 5.56 Å². The number of pyridine rings is 1. The lowest BCUT2D eigenvalue weighted by molar-refractivity contribution is 0.641. The summed E-state index contributed by atoms with van der Waals surface area (Å²) in [7, 11) is 1.89. The van der Waals surface area contributed by atoms with Gasteiger partial charge in [-0.05, 0) is 13.0 Å². The number of aromatic nitrogens is 5. The molecule has 0 aliphatic carbocycles. The fourth-order valence-electron chi connectivity index (χ4n) is 3.13. The fourth-order valence-corrected chi connectivity index (χ4v) is 3.13. The monoisotopic (exact) mass is 325 g/mol. The van der Waals surface area contributed by atoms with Crippen LogP contribution in [0.3, 0.4) is 0 Å². The number of nitrogens with zero attached hydrogens (tertiary/aromatic N) is 6. The van der Waals surface area contributed by atoms with Gasteiger partial charge in [0, 0.05) is 39.3 Å². The molecule has 4 rings (SSSR count). The molecule has 24 heavy (non-hydrogen) atoms. The molecule has 1 fully saturated rings. The van der Waals surface area contributed by atoms with Crippen molar-refractivity contribution in [2.75, 3.05) is 36.0 Å². The van der Waals surface area contributed by atoms with Crippen molar-refractivity contribution < 1.29 is 0 Å². The molecule has 1 saturated heterocycles. The van der Waals surface area contributed by atoms with Gasteiger partial charge in [-0.1, -0.05) is 6.07 Å². The Morgan fingerprint density at radius 2 is 1.83 bits per heavy atom. The smallest absolute Gasteiger partial charge is 0.249 e. The normalized spacial score (nSPS) is 15.2. The van der Waals surface area contributed by atoms with Crippen molar-refractivity contribution >= 4 is 22.7 Å². The van der Waals surface area contributed by atoms with Crippen LogP contribution in [0.15, 0.2) is 29.2 Å². The number of rotatable bonds is 2. The van der Waals surface area contributed by atoms with Crippen molar-refractivity contribution in [3.63, 3.8) is 0 Å². The summed E-state index contributed by atoms with van der Waals surface area (Å²) in [5.74, 6) is 2.55.